The van der Waals surface area contributed by atoms with Gasteiger partial charge in [0, 0.05) is 11.1 Å². The van der Waals surface area contributed by atoms with Crippen molar-refractivity contribution in [2.45, 2.75) is 27.3 Å². The number of thiazole rings is 1. The fourth-order valence-electron chi connectivity index (χ4n) is 3.28. The molecule has 0 radical (unpaired) electrons. The highest BCUT2D eigenvalue weighted by Crippen LogP contribution is 2.20. The molecule has 32 heavy (non-hydrogen) atoms. The van der Waals surface area contributed by atoms with Crippen LogP contribution in [-0.2, 0) is 16.1 Å². The number of carbonyl (C=O) groups is 2. The third-order valence-electron chi connectivity index (χ3n) is 4.82. The van der Waals surface area contributed by atoms with Crippen molar-refractivity contribution in [3.8, 4) is 5.75 Å². The van der Waals surface area contributed by atoms with Crippen molar-refractivity contribution in [2.24, 2.45) is 0 Å². The number of nitrogens with zero attached hydrogens (tertiary/aromatic N) is 1. The van der Waals surface area contributed by atoms with E-state index >= 15 is 0 Å². The first-order chi connectivity index (χ1) is 15.3. The number of rotatable bonds is 7. The van der Waals surface area contributed by atoms with Gasteiger partial charge < -0.3 is 9.47 Å². The summed E-state index contributed by atoms with van der Waals surface area (Å²) in [6.07, 6.45) is 3.13. The average Bonchev–Trinajstić information content (AvgIpc) is 3.02. The van der Waals surface area contributed by atoms with E-state index < -0.39 is 5.97 Å². The van der Waals surface area contributed by atoms with Gasteiger partial charge in [0.2, 0.25) is 0 Å². The molecule has 1 heterocycles. The highest BCUT2D eigenvalue weighted by atomic mass is 32.1. The van der Waals surface area contributed by atoms with Gasteiger partial charge in [-0.2, -0.15) is 0 Å². The minimum Gasteiger partial charge on any atom is -0.496 e. The molecule has 1 aromatic heterocycles. The molecule has 0 atom stereocenters. The number of methoxy groups -OCH3 is 1. The van der Waals surface area contributed by atoms with Crippen LogP contribution in [0.1, 0.15) is 40.9 Å². The lowest BCUT2D eigenvalue weighted by Gasteiger charge is -2.10. The Bertz CT molecular complexity index is 1330. The Morgan fingerprint density at radius 1 is 1.16 bits per heavy atom. The van der Waals surface area contributed by atoms with Gasteiger partial charge in [-0.25, -0.2) is 4.79 Å². The van der Waals surface area contributed by atoms with Gasteiger partial charge in [-0.1, -0.05) is 29.8 Å². The molecule has 3 rings (SSSR count). The zero-order valence-electron chi connectivity index (χ0n) is 18.5. The van der Waals surface area contributed by atoms with E-state index in [1.54, 1.807) is 25.1 Å². The second-order valence-electron chi connectivity index (χ2n) is 7.23. The van der Waals surface area contributed by atoms with E-state index in [1.807, 2.05) is 37.3 Å². The fraction of sp³-hybridized carbons (Fsp3) is 0.240. The van der Waals surface area contributed by atoms with Crippen LogP contribution in [-0.4, -0.2) is 30.0 Å². The van der Waals surface area contributed by atoms with Crippen molar-refractivity contribution in [1.29, 1.82) is 0 Å². The Balaban J connectivity index is 2.20. The van der Waals surface area contributed by atoms with Crippen LogP contribution in [0.5, 0.6) is 5.75 Å². The van der Waals surface area contributed by atoms with Gasteiger partial charge in [-0.05, 0) is 50.6 Å². The average molecular weight is 452 g/mol. The van der Waals surface area contributed by atoms with Gasteiger partial charge in [0.1, 0.15) is 10.4 Å². The minimum atomic E-state index is -0.519. The molecule has 0 fully saturated rings. The molecule has 3 aromatic rings. The van der Waals surface area contributed by atoms with Gasteiger partial charge in [0.25, 0.3) is 5.56 Å². The second kappa shape index (κ2) is 10.2. The van der Waals surface area contributed by atoms with Crippen LogP contribution in [0.15, 0.2) is 47.3 Å². The maximum Gasteiger partial charge on any atom is 0.333 e. The van der Waals surface area contributed by atoms with E-state index in [9.17, 15) is 14.4 Å². The molecule has 0 amide bonds. The highest BCUT2D eigenvalue weighted by molar-refractivity contribution is 7.07. The molecule has 0 aliphatic carbocycles. The fourth-order valence-corrected chi connectivity index (χ4v) is 4.31. The van der Waals surface area contributed by atoms with Crippen molar-refractivity contribution in [1.82, 2.24) is 4.57 Å². The molecule has 0 spiro atoms. The van der Waals surface area contributed by atoms with Gasteiger partial charge in [0.05, 0.1) is 30.9 Å². The van der Waals surface area contributed by atoms with Crippen LogP contribution in [0.4, 0.5) is 0 Å². The summed E-state index contributed by atoms with van der Waals surface area (Å²) >= 11 is 1.21. The predicted octanol–water partition coefficient (Wildman–Crippen LogP) is 2.65. The maximum atomic E-state index is 13.3. The maximum absolute atomic E-state index is 13.3. The minimum absolute atomic E-state index is 0.0849. The Kier molecular flexibility index (Phi) is 7.43. The SMILES string of the molecule is CCOC(=O)/C=c1\s/c(=C\c2cccc(C)c2)c(=O)n1Cc1cc(C(C)=O)ccc1OC. The Morgan fingerprint density at radius 3 is 2.59 bits per heavy atom. The van der Waals surface area contributed by atoms with Crippen molar-refractivity contribution >= 4 is 35.2 Å². The van der Waals surface area contributed by atoms with E-state index in [0.717, 1.165) is 11.1 Å². The summed E-state index contributed by atoms with van der Waals surface area (Å²) in [5.41, 5.74) is 2.93. The van der Waals surface area contributed by atoms with E-state index in [1.165, 1.54) is 36.0 Å². The first-order valence-electron chi connectivity index (χ1n) is 10.2. The largest absolute Gasteiger partial charge is 0.496 e. The van der Waals surface area contributed by atoms with Crippen LogP contribution >= 0.6 is 11.3 Å². The summed E-state index contributed by atoms with van der Waals surface area (Å²) in [5.74, 6) is -0.0493. The topological polar surface area (TPSA) is 74.6 Å². The van der Waals surface area contributed by atoms with E-state index in [-0.39, 0.29) is 24.5 Å². The molecule has 166 valence electrons. The lowest BCUT2D eigenvalue weighted by atomic mass is 10.1. The predicted molar refractivity (Wildman–Crippen MR) is 126 cm³/mol. The van der Waals surface area contributed by atoms with E-state index in [0.29, 0.717) is 26.1 Å². The number of Topliss-reactive ketones (excluding diaryl/α,β-unsaturated/α-hetero) is 1. The number of hydrogen-bond donors (Lipinski definition) is 0. The zero-order chi connectivity index (χ0) is 23.3. The van der Waals surface area contributed by atoms with Gasteiger partial charge in [0.15, 0.2) is 5.78 Å². The lowest BCUT2D eigenvalue weighted by molar-refractivity contribution is -0.135. The smallest absolute Gasteiger partial charge is 0.333 e. The molecular weight excluding hydrogens is 426 g/mol. The van der Waals surface area contributed by atoms with Crippen molar-refractivity contribution in [3.05, 3.63) is 84.3 Å². The molecule has 0 N–H and O–H groups in total. The molecule has 0 aliphatic heterocycles. The summed E-state index contributed by atoms with van der Waals surface area (Å²) < 4.78 is 12.9. The first-order valence-corrected chi connectivity index (χ1v) is 11.0. The Morgan fingerprint density at radius 2 is 1.94 bits per heavy atom. The quantitative estimate of drug-likeness (QED) is 0.408. The molecular formula is C25H25NO5S. The molecule has 0 bridgehead atoms. The third kappa shape index (κ3) is 5.42. The number of esters is 1. The van der Waals surface area contributed by atoms with Gasteiger partial charge >= 0.3 is 5.97 Å². The van der Waals surface area contributed by atoms with Crippen LogP contribution in [0.25, 0.3) is 12.2 Å². The summed E-state index contributed by atoms with van der Waals surface area (Å²) in [6.45, 7) is 5.58. The first kappa shape index (κ1) is 23.2. The number of ketones is 1. The zero-order valence-corrected chi connectivity index (χ0v) is 19.3. The van der Waals surface area contributed by atoms with Crippen molar-refractivity contribution < 1.29 is 19.1 Å². The van der Waals surface area contributed by atoms with Gasteiger partial charge in [-0.3, -0.25) is 14.2 Å². The molecule has 0 saturated carbocycles. The number of aromatic nitrogens is 1. The summed E-state index contributed by atoms with van der Waals surface area (Å²) in [4.78, 5) is 37.3. The van der Waals surface area contributed by atoms with Gasteiger partial charge in [-0.15, -0.1) is 11.3 Å². The van der Waals surface area contributed by atoms with Crippen LogP contribution in [0, 0.1) is 6.92 Å². The van der Waals surface area contributed by atoms with Crippen molar-refractivity contribution in [2.75, 3.05) is 13.7 Å². The Labute approximate surface area is 190 Å². The number of benzene rings is 2. The Hall–Kier alpha value is -3.45. The summed E-state index contributed by atoms with van der Waals surface area (Å²) in [5, 5.41) is 0. The summed E-state index contributed by atoms with van der Waals surface area (Å²) in [7, 11) is 1.53. The molecule has 2 aromatic carbocycles. The van der Waals surface area contributed by atoms with Crippen molar-refractivity contribution in [3.63, 3.8) is 0 Å². The molecule has 7 heteroatoms. The molecule has 0 aliphatic rings. The molecule has 0 unspecified atom stereocenters. The van der Waals surface area contributed by atoms with E-state index in [4.69, 9.17) is 9.47 Å². The second-order valence-corrected chi connectivity index (χ2v) is 8.30. The molecule has 0 saturated heterocycles. The standard InChI is InChI=1S/C25H25NO5S/c1-5-31-24(28)14-23-26(15-20-13-19(17(3)27)9-10-21(20)30-4)25(29)22(32-23)12-18-8-6-7-16(2)11-18/h6-14H,5,15H2,1-4H3/b22-12-,23-14-. The highest BCUT2D eigenvalue weighted by Gasteiger charge is 2.13. The number of carbonyl (C=O) groups excluding carboxylic acids is 2. The monoisotopic (exact) mass is 451 g/mol. The summed E-state index contributed by atoms with van der Waals surface area (Å²) in [6, 6.07) is 12.9. The van der Waals surface area contributed by atoms with Crippen LogP contribution < -0.4 is 19.5 Å². The normalized spacial score (nSPS) is 12.1. The number of hydrogen-bond acceptors (Lipinski definition) is 6. The number of aryl methyl sites for hydroxylation is 1. The molecule has 6 nitrogen and oxygen atoms in total. The lowest BCUT2D eigenvalue weighted by Crippen LogP contribution is -2.32. The third-order valence-corrected chi connectivity index (χ3v) is 5.88. The van der Waals surface area contributed by atoms with E-state index in [2.05, 4.69) is 0 Å². The number of ether oxygens (including phenoxy) is 2. The van der Waals surface area contributed by atoms with Crippen LogP contribution in [0.2, 0.25) is 0 Å². The van der Waals surface area contributed by atoms with Crippen LogP contribution in [0.3, 0.4) is 0 Å².